The lowest BCUT2D eigenvalue weighted by atomic mass is 10.2. The Balaban J connectivity index is 2.18. The minimum absolute atomic E-state index is 0.000153. The van der Waals surface area contributed by atoms with Crippen molar-refractivity contribution in [1.29, 1.82) is 0 Å². The van der Waals surface area contributed by atoms with Gasteiger partial charge in [-0.15, -0.1) is 0 Å². The maximum absolute atomic E-state index is 13.1. The molecule has 106 valence electrons. The van der Waals surface area contributed by atoms with Crippen molar-refractivity contribution in [3.05, 3.63) is 41.3 Å². The van der Waals surface area contributed by atoms with Gasteiger partial charge in [-0.25, -0.2) is 14.4 Å². The summed E-state index contributed by atoms with van der Waals surface area (Å²) in [6, 6.07) is 5.84. The van der Waals surface area contributed by atoms with Crippen LogP contribution in [-0.2, 0) is 0 Å². The summed E-state index contributed by atoms with van der Waals surface area (Å²) in [5, 5.41) is 20.8. The third-order valence-electron chi connectivity index (χ3n) is 2.56. The minimum Gasteiger partial charge on any atom is -0.394 e. The SMILES string of the molecule is OCC(O)CNc1ccnc(-c2ccc(F)c(Cl)c2)n1. The lowest BCUT2D eigenvalue weighted by molar-refractivity contribution is 0.105. The fourth-order valence-corrected chi connectivity index (χ4v) is 1.70. The average molecular weight is 298 g/mol. The van der Waals surface area contributed by atoms with Crippen LogP contribution in [0.4, 0.5) is 10.2 Å². The molecule has 0 saturated heterocycles. The summed E-state index contributed by atoms with van der Waals surface area (Å²) < 4.78 is 13.1. The molecule has 0 radical (unpaired) electrons. The first-order valence-corrected chi connectivity index (χ1v) is 6.29. The van der Waals surface area contributed by atoms with E-state index in [1.54, 1.807) is 6.07 Å². The van der Waals surface area contributed by atoms with Crippen LogP contribution in [0.5, 0.6) is 0 Å². The maximum atomic E-state index is 13.1. The highest BCUT2D eigenvalue weighted by Crippen LogP contribution is 2.22. The molecule has 1 aromatic carbocycles. The van der Waals surface area contributed by atoms with Crippen molar-refractivity contribution >= 4 is 17.4 Å². The number of aliphatic hydroxyl groups excluding tert-OH is 2. The van der Waals surface area contributed by atoms with E-state index in [2.05, 4.69) is 15.3 Å². The maximum Gasteiger partial charge on any atom is 0.161 e. The Morgan fingerprint density at radius 3 is 2.85 bits per heavy atom. The van der Waals surface area contributed by atoms with Gasteiger partial charge in [-0.1, -0.05) is 11.6 Å². The van der Waals surface area contributed by atoms with Gasteiger partial charge >= 0.3 is 0 Å². The van der Waals surface area contributed by atoms with Gasteiger partial charge in [0.2, 0.25) is 0 Å². The molecule has 0 aliphatic rings. The van der Waals surface area contributed by atoms with Gasteiger partial charge in [0, 0.05) is 18.3 Å². The number of hydrogen-bond donors (Lipinski definition) is 3. The fraction of sp³-hybridized carbons (Fsp3) is 0.231. The highest BCUT2D eigenvalue weighted by atomic mass is 35.5. The molecule has 1 aromatic heterocycles. The van der Waals surface area contributed by atoms with Gasteiger partial charge in [0.1, 0.15) is 11.6 Å². The molecular weight excluding hydrogens is 285 g/mol. The van der Waals surface area contributed by atoms with Gasteiger partial charge < -0.3 is 15.5 Å². The summed E-state index contributed by atoms with van der Waals surface area (Å²) in [6.45, 7) is -0.171. The molecule has 1 unspecified atom stereocenters. The van der Waals surface area contributed by atoms with Crippen LogP contribution in [-0.4, -0.2) is 39.4 Å². The standard InChI is InChI=1S/C13H13ClFN3O2/c14-10-5-8(1-2-11(10)15)13-16-4-3-12(18-13)17-6-9(20)7-19/h1-5,9,19-20H,6-7H2,(H,16,17,18). The zero-order valence-electron chi connectivity index (χ0n) is 10.4. The molecule has 0 bridgehead atoms. The van der Waals surface area contributed by atoms with Crippen LogP contribution in [0.25, 0.3) is 11.4 Å². The highest BCUT2D eigenvalue weighted by Gasteiger charge is 2.07. The Labute approximate surface area is 120 Å². The molecule has 7 heteroatoms. The number of hydrogen-bond acceptors (Lipinski definition) is 5. The quantitative estimate of drug-likeness (QED) is 0.783. The van der Waals surface area contributed by atoms with Crippen molar-refractivity contribution in [2.75, 3.05) is 18.5 Å². The first kappa shape index (κ1) is 14.6. The molecule has 2 aromatic rings. The second kappa shape index (κ2) is 6.60. The van der Waals surface area contributed by atoms with E-state index in [1.807, 2.05) is 0 Å². The second-order valence-electron chi connectivity index (χ2n) is 4.11. The molecule has 0 spiro atoms. The van der Waals surface area contributed by atoms with Crippen molar-refractivity contribution in [2.45, 2.75) is 6.10 Å². The molecule has 1 atom stereocenters. The van der Waals surface area contributed by atoms with Crippen LogP contribution in [0, 0.1) is 5.82 Å². The lowest BCUT2D eigenvalue weighted by Crippen LogP contribution is -2.23. The van der Waals surface area contributed by atoms with Gasteiger partial charge in [-0.3, -0.25) is 0 Å². The molecule has 0 fully saturated rings. The third-order valence-corrected chi connectivity index (χ3v) is 2.85. The molecule has 0 aliphatic carbocycles. The molecule has 3 N–H and O–H groups in total. The van der Waals surface area contributed by atoms with Gasteiger partial charge in [-0.2, -0.15) is 0 Å². The van der Waals surface area contributed by atoms with E-state index in [-0.39, 0.29) is 18.2 Å². The van der Waals surface area contributed by atoms with Crippen LogP contribution < -0.4 is 5.32 Å². The zero-order chi connectivity index (χ0) is 14.5. The van der Waals surface area contributed by atoms with Crippen LogP contribution in [0.15, 0.2) is 30.5 Å². The fourth-order valence-electron chi connectivity index (χ4n) is 1.52. The lowest BCUT2D eigenvalue weighted by Gasteiger charge is -2.10. The molecule has 20 heavy (non-hydrogen) atoms. The van der Waals surface area contributed by atoms with Crippen molar-refractivity contribution in [3.63, 3.8) is 0 Å². The molecule has 0 aliphatic heterocycles. The van der Waals surface area contributed by atoms with Crippen LogP contribution in [0.1, 0.15) is 0 Å². The van der Waals surface area contributed by atoms with Gasteiger partial charge in [0.25, 0.3) is 0 Å². The monoisotopic (exact) mass is 297 g/mol. The number of anilines is 1. The van der Waals surface area contributed by atoms with Crippen molar-refractivity contribution in [2.24, 2.45) is 0 Å². The van der Waals surface area contributed by atoms with E-state index in [9.17, 15) is 9.50 Å². The number of nitrogens with one attached hydrogen (secondary N) is 1. The largest absolute Gasteiger partial charge is 0.394 e. The number of nitrogens with zero attached hydrogens (tertiary/aromatic N) is 2. The molecule has 0 amide bonds. The molecule has 2 rings (SSSR count). The Hall–Kier alpha value is -1.76. The van der Waals surface area contributed by atoms with E-state index < -0.39 is 11.9 Å². The van der Waals surface area contributed by atoms with E-state index in [4.69, 9.17) is 16.7 Å². The van der Waals surface area contributed by atoms with Crippen LogP contribution in [0.2, 0.25) is 5.02 Å². The van der Waals surface area contributed by atoms with Crippen molar-refractivity contribution < 1.29 is 14.6 Å². The number of halogens is 2. The van der Waals surface area contributed by atoms with E-state index in [0.29, 0.717) is 17.2 Å². The van der Waals surface area contributed by atoms with Crippen LogP contribution >= 0.6 is 11.6 Å². The predicted molar refractivity (Wildman–Crippen MR) is 74.0 cm³/mol. The van der Waals surface area contributed by atoms with Gasteiger partial charge in [-0.05, 0) is 24.3 Å². The highest BCUT2D eigenvalue weighted by molar-refractivity contribution is 6.31. The van der Waals surface area contributed by atoms with E-state index in [0.717, 1.165) is 0 Å². The Kier molecular flexibility index (Phi) is 4.84. The Morgan fingerprint density at radius 1 is 1.35 bits per heavy atom. The normalized spacial score (nSPS) is 12.2. The minimum atomic E-state index is -0.867. The summed E-state index contributed by atoms with van der Waals surface area (Å²) in [5.74, 6) is 0.370. The Morgan fingerprint density at radius 2 is 2.15 bits per heavy atom. The topological polar surface area (TPSA) is 78.3 Å². The third kappa shape index (κ3) is 3.63. The summed E-state index contributed by atoms with van der Waals surface area (Å²) in [5.41, 5.74) is 0.586. The summed E-state index contributed by atoms with van der Waals surface area (Å²) in [6.07, 6.45) is 0.668. The number of aromatic nitrogens is 2. The van der Waals surface area contributed by atoms with Crippen LogP contribution in [0.3, 0.4) is 0 Å². The average Bonchev–Trinajstić information content (AvgIpc) is 2.48. The van der Waals surface area contributed by atoms with E-state index >= 15 is 0 Å². The molecular formula is C13H13ClFN3O2. The Bertz CT molecular complexity index is 598. The predicted octanol–water partition coefficient (Wildman–Crippen LogP) is 1.70. The smallest absolute Gasteiger partial charge is 0.161 e. The molecule has 1 heterocycles. The number of benzene rings is 1. The zero-order valence-corrected chi connectivity index (χ0v) is 11.2. The second-order valence-corrected chi connectivity index (χ2v) is 4.52. The number of aliphatic hydroxyl groups is 2. The molecule has 5 nitrogen and oxygen atoms in total. The summed E-state index contributed by atoms with van der Waals surface area (Å²) in [7, 11) is 0. The summed E-state index contributed by atoms with van der Waals surface area (Å²) >= 11 is 5.72. The molecule has 0 saturated carbocycles. The summed E-state index contributed by atoms with van der Waals surface area (Å²) in [4.78, 5) is 8.31. The van der Waals surface area contributed by atoms with Crippen molar-refractivity contribution in [3.8, 4) is 11.4 Å². The van der Waals surface area contributed by atoms with E-state index in [1.165, 1.54) is 24.4 Å². The number of rotatable bonds is 5. The van der Waals surface area contributed by atoms with Crippen molar-refractivity contribution in [1.82, 2.24) is 9.97 Å². The van der Waals surface area contributed by atoms with Gasteiger partial charge in [0.05, 0.1) is 17.7 Å². The first-order chi connectivity index (χ1) is 9.60. The van der Waals surface area contributed by atoms with Gasteiger partial charge in [0.15, 0.2) is 5.82 Å². The first-order valence-electron chi connectivity index (χ1n) is 5.91.